The van der Waals surface area contributed by atoms with Crippen molar-refractivity contribution in [3.63, 3.8) is 0 Å². The highest BCUT2D eigenvalue weighted by Crippen LogP contribution is 2.20. The Morgan fingerprint density at radius 1 is 1.35 bits per heavy atom. The molecule has 3 rings (SSSR count). The zero-order chi connectivity index (χ0) is 16.8. The quantitative estimate of drug-likeness (QED) is 0.636. The number of aromatic nitrogens is 4. The van der Waals surface area contributed by atoms with Gasteiger partial charge in [0.05, 0.1) is 11.7 Å². The Morgan fingerprint density at radius 3 is 2.78 bits per heavy atom. The van der Waals surface area contributed by atoms with E-state index in [1.165, 1.54) is 10.9 Å². The van der Waals surface area contributed by atoms with Crippen molar-refractivity contribution in [2.75, 3.05) is 0 Å². The van der Waals surface area contributed by atoms with Crippen LogP contribution in [0.4, 0.5) is 4.79 Å². The summed E-state index contributed by atoms with van der Waals surface area (Å²) in [5.41, 5.74) is 0.276. The molecule has 1 N–H and O–H groups in total. The molecule has 0 aliphatic carbocycles. The Hall–Kier alpha value is -2.61. The van der Waals surface area contributed by atoms with Crippen molar-refractivity contribution < 1.29 is 14.7 Å². The Bertz CT molecular complexity index is 938. The van der Waals surface area contributed by atoms with Crippen molar-refractivity contribution >= 4 is 28.7 Å². The summed E-state index contributed by atoms with van der Waals surface area (Å²) in [7, 11) is 0. The molecule has 0 fully saturated rings. The highest BCUT2D eigenvalue weighted by Gasteiger charge is 2.18. The first-order chi connectivity index (χ1) is 10.7. The first-order valence-corrected chi connectivity index (χ1v) is 7.16. The number of halogens is 1. The van der Waals surface area contributed by atoms with Gasteiger partial charge in [0, 0.05) is 5.02 Å². The maximum Gasteiger partial charge on any atom is 0.434 e. The molecule has 0 bridgehead atoms. The lowest BCUT2D eigenvalue weighted by Crippen LogP contribution is -2.24. The van der Waals surface area contributed by atoms with E-state index in [1.54, 1.807) is 39.0 Å². The molecule has 0 radical (unpaired) electrons. The Labute approximate surface area is 135 Å². The molecule has 2 heterocycles. The molecule has 1 aromatic rings. The molecule has 2 aliphatic rings. The molecule has 2 aliphatic heterocycles. The van der Waals surface area contributed by atoms with E-state index >= 15 is 0 Å². The molecular weight excluding hydrogens is 322 g/mol. The Morgan fingerprint density at radius 2 is 2.09 bits per heavy atom. The molecule has 1 amide bonds. The van der Waals surface area contributed by atoms with Crippen molar-refractivity contribution in [3.8, 4) is 5.82 Å². The SMILES string of the molecule is CC(C)(C)OC(=O)N=c1cnn2c3cc(Cl)ccc3n(O)nc1-2. The summed E-state index contributed by atoms with van der Waals surface area (Å²) in [4.78, 5) is 16.4. The standard InChI is InChI=1S/C14H14ClN5O3/c1-14(2,3)23-13(21)17-9-7-16-19-11-6-8(15)4-5-10(11)20(22)18-12(9)19/h4-7,22H,1-3H3. The van der Waals surface area contributed by atoms with Gasteiger partial charge in [-0.05, 0) is 39.0 Å². The van der Waals surface area contributed by atoms with Gasteiger partial charge in [0.1, 0.15) is 16.5 Å². The fraction of sp³-hybridized carbons (Fsp3) is 0.286. The zero-order valence-corrected chi connectivity index (χ0v) is 13.4. The van der Waals surface area contributed by atoms with Gasteiger partial charge in [0.25, 0.3) is 0 Å². The lowest BCUT2D eigenvalue weighted by Gasteiger charge is -2.17. The smallest absolute Gasteiger partial charge is 0.434 e. The Kier molecular flexibility index (Phi) is 3.48. The Balaban J connectivity index is 2.16. The van der Waals surface area contributed by atoms with E-state index in [2.05, 4.69) is 15.2 Å². The van der Waals surface area contributed by atoms with Crippen LogP contribution in [-0.4, -0.2) is 36.6 Å². The molecule has 120 valence electrons. The molecule has 8 nitrogen and oxygen atoms in total. The summed E-state index contributed by atoms with van der Waals surface area (Å²) < 4.78 is 6.58. The van der Waals surface area contributed by atoms with E-state index in [-0.39, 0.29) is 11.2 Å². The number of rotatable bonds is 0. The number of nitrogens with zero attached hydrogens (tertiary/aromatic N) is 5. The lowest BCUT2D eigenvalue weighted by molar-refractivity contribution is 0.0597. The second-order valence-corrected chi connectivity index (χ2v) is 6.32. The third-order valence-corrected chi connectivity index (χ3v) is 3.14. The summed E-state index contributed by atoms with van der Waals surface area (Å²) in [6, 6.07) is 4.86. The average molecular weight is 336 g/mol. The van der Waals surface area contributed by atoms with Crippen LogP contribution in [0.1, 0.15) is 20.8 Å². The third kappa shape index (κ3) is 2.98. The maximum atomic E-state index is 11.8. The summed E-state index contributed by atoms with van der Waals surface area (Å²) in [6.07, 6.45) is 0.608. The maximum absolute atomic E-state index is 11.8. The fourth-order valence-corrected chi connectivity index (χ4v) is 2.21. The number of amides is 1. The summed E-state index contributed by atoms with van der Waals surface area (Å²) >= 11 is 5.99. The van der Waals surface area contributed by atoms with Gasteiger partial charge in [0.15, 0.2) is 0 Å². The molecule has 0 saturated carbocycles. The van der Waals surface area contributed by atoms with Gasteiger partial charge in [-0.15, -0.1) is 5.10 Å². The van der Waals surface area contributed by atoms with Crippen molar-refractivity contribution in [2.24, 2.45) is 4.99 Å². The van der Waals surface area contributed by atoms with Gasteiger partial charge in [-0.2, -0.15) is 10.1 Å². The van der Waals surface area contributed by atoms with Crippen LogP contribution in [0.3, 0.4) is 0 Å². The number of fused-ring (bicyclic) bond motifs is 3. The van der Waals surface area contributed by atoms with Crippen LogP contribution in [0.15, 0.2) is 29.4 Å². The van der Waals surface area contributed by atoms with Crippen molar-refractivity contribution in [2.45, 2.75) is 26.4 Å². The van der Waals surface area contributed by atoms with Crippen molar-refractivity contribution in [3.05, 3.63) is 34.8 Å². The van der Waals surface area contributed by atoms with Crippen molar-refractivity contribution in [1.82, 2.24) is 19.7 Å². The minimum Gasteiger partial charge on any atom is -0.442 e. The number of carbonyl (C=O) groups is 1. The van der Waals surface area contributed by atoms with Crippen molar-refractivity contribution in [1.29, 1.82) is 0 Å². The van der Waals surface area contributed by atoms with E-state index < -0.39 is 11.7 Å². The van der Waals surface area contributed by atoms with Gasteiger partial charge in [-0.25, -0.2) is 9.48 Å². The van der Waals surface area contributed by atoms with Gasteiger partial charge in [-0.3, -0.25) is 0 Å². The van der Waals surface area contributed by atoms with E-state index in [0.717, 1.165) is 0 Å². The lowest BCUT2D eigenvalue weighted by atomic mass is 10.2. The summed E-state index contributed by atoms with van der Waals surface area (Å²) in [6.45, 7) is 5.23. The second-order valence-electron chi connectivity index (χ2n) is 5.88. The summed E-state index contributed by atoms with van der Waals surface area (Å²) in [5.74, 6) is 0.202. The van der Waals surface area contributed by atoms with E-state index in [9.17, 15) is 10.0 Å². The van der Waals surface area contributed by atoms with Gasteiger partial charge >= 0.3 is 6.09 Å². The normalized spacial score (nSPS) is 13.0. The molecule has 23 heavy (non-hydrogen) atoms. The van der Waals surface area contributed by atoms with Crippen LogP contribution in [-0.2, 0) is 4.74 Å². The van der Waals surface area contributed by atoms with E-state index in [4.69, 9.17) is 16.3 Å². The van der Waals surface area contributed by atoms with Crippen LogP contribution < -0.4 is 5.36 Å². The van der Waals surface area contributed by atoms with E-state index in [1.807, 2.05) is 0 Å². The number of benzene rings is 1. The van der Waals surface area contributed by atoms with Gasteiger partial charge < -0.3 is 9.94 Å². The highest BCUT2D eigenvalue weighted by atomic mass is 35.5. The molecule has 0 saturated heterocycles. The average Bonchev–Trinajstić information content (AvgIpc) is 2.79. The monoisotopic (exact) mass is 335 g/mol. The molecule has 0 aromatic heterocycles. The molecule has 9 heteroatoms. The predicted octanol–water partition coefficient (Wildman–Crippen LogP) is 2.39. The predicted molar refractivity (Wildman–Crippen MR) is 82.0 cm³/mol. The molecule has 1 aromatic carbocycles. The molecule has 0 unspecified atom stereocenters. The molecule has 0 atom stereocenters. The number of carbonyl (C=O) groups excluding carboxylic acids is 1. The van der Waals surface area contributed by atoms with Gasteiger partial charge in [0.2, 0.25) is 5.82 Å². The van der Waals surface area contributed by atoms with Crippen LogP contribution in [0, 0.1) is 0 Å². The largest absolute Gasteiger partial charge is 0.442 e. The van der Waals surface area contributed by atoms with Crippen LogP contribution in [0.25, 0.3) is 16.9 Å². The summed E-state index contributed by atoms with van der Waals surface area (Å²) in [5, 5.41) is 18.8. The fourth-order valence-electron chi connectivity index (χ4n) is 2.04. The number of hydrogen-bond donors (Lipinski definition) is 1. The van der Waals surface area contributed by atoms with Crippen LogP contribution in [0.2, 0.25) is 5.02 Å². The first-order valence-electron chi connectivity index (χ1n) is 6.78. The van der Waals surface area contributed by atoms with Crippen LogP contribution >= 0.6 is 11.6 Å². The third-order valence-electron chi connectivity index (χ3n) is 2.90. The first kappa shape index (κ1) is 15.3. The zero-order valence-electron chi connectivity index (χ0n) is 12.7. The molecule has 0 spiro atoms. The molecular formula is C14H14ClN5O3. The topological polar surface area (TPSA) is 94.5 Å². The van der Waals surface area contributed by atoms with E-state index in [0.29, 0.717) is 20.9 Å². The number of hydrogen-bond acceptors (Lipinski definition) is 5. The number of ether oxygens (including phenoxy) is 1. The second kappa shape index (κ2) is 5.24. The van der Waals surface area contributed by atoms with Gasteiger partial charge in [-0.1, -0.05) is 16.4 Å². The minimum absolute atomic E-state index is 0.184. The minimum atomic E-state index is -0.759. The van der Waals surface area contributed by atoms with Crippen LogP contribution in [0.5, 0.6) is 0 Å². The highest BCUT2D eigenvalue weighted by molar-refractivity contribution is 6.31.